The third-order valence-electron chi connectivity index (χ3n) is 5.26. The maximum atomic E-state index is 3.62. The molecule has 2 aliphatic rings. The van der Waals surface area contributed by atoms with Gasteiger partial charge in [-0.05, 0) is 43.2 Å². The predicted octanol–water partition coefficient (Wildman–Crippen LogP) is 4.27. The number of aryl methyl sites for hydroxylation is 1. The van der Waals surface area contributed by atoms with Gasteiger partial charge in [0.2, 0.25) is 0 Å². The van der Waals surface area contributed by atoms with E-state index in [4.69, 9.17) is 0 Å². The molecular formula is C18H27N. The summed E-state index contributed by atoms with van der Waals surface area (Å²) in [5.41, 5.74) is 2.98. The van der Waals surface area contributed by atoms with Crippen LogP contribution >= 0.6 is 0 Å². The lowest BCUT2D eigenvalue weighted by Gasteiger charge is -2.39. The quantitative estimate of drug-likeness (QED) is 0.834. The number of rotatable bonds is 2. The van der Waals surface area contributed by atoms with E-state index in [1.54, 1.807) is 5.56 Å². The molecule has 1 aromatic carbocycles. The largest absolute Gasteiger partial charge is 0.316 e. The van der Waals surface area contributed by atoms with E-state index in [9.17, 15) is 0 Å². The van der Waals surface area contributed by atoms with Gasteiger partial charge >= 0.3 is 0 Å². The van der Waals surface area contributed by atoms with Gasteiger partial charge in [0.25, 0.3) is 0 Å². The highest BCUT2D eigenvalue weighted by Crippen LogP contribution is 2.41. The zero-order chi connectivity index (χ0) is 13.1. The van der Waals surface area contributed by atoms with Gasteiger partial charge in [-0.2, -0.15) is 0 Å². The molecule has 0 amide bonds. The lowest BCUT2D eigenvalue weighted by atomic mass is 9.69. The lowest BCUT2D eigenvalue weighted by Crippen LogP contribution is -2.39. The molecule has 1 aromatic rings. The van der Waals surface area contributed by atoms with Gasteiger partial charge in [0.05, 0.1) is 0 Å². The summed E-state index contributed by atoms with van der Waals surface area (Å²) in [6, 6.07) is 9.21. The fourth-order valence-electron chi connectivity index (χ4n) is 4.27. The first-order valence-electron chi connectivity index (χ1n) is 8.12. The summed E-state index contributed by atoms with van der Waals surface area (Å²) in [7, 11) is 0. The molecular weight excluding hydrogens is 230 g/mol. The summed E-state index contributed by atoms with van der Waals surface area (Å²) < 4.78 is 0. The van der Waals surface area contributed by atoms with Gasteiger partial charge in [-0.1, -0.05) is 61.9 Å². The van der Waals surface area contributed by atoms with E-state index in [0.29, 0.717) is 0 Å². The van der Waals surface area contributed by atoms with Crippen molar-refractivity contribution < 1.29 is 0 Å². The van der Waals surface area contributed by atoms with Crippen molar-refractivity contribution in [2.45, 2.75) is 51.4 Å². The summed E-state index contributed by atoms with van der Waals surface area (Å²) in [5.74, 6) is 2.65. The van der Waals surface area contributed by atoms with E-state index < -0.39 is 0 Å². The molecule has 0 aromatic heterocycles. The molecule has 104 valence electrons. The molecule has 19 heavy (non-hydrogen) atoms. The zero-order valence-electron chi connectivity index (χ0n) is 12.2. The SMILES string of the molecule is Cc1cccc(C2CNCCC2C2CCCCC2)c1. The van der Waals surface area contributed by atoms with Crippen LogP contribution in [0.15, 0.2) is 24.3 Å². The van der Waals surface area contributed by atoms with Crippen LogP contribution in [0.2, 0.25) is 0 Å². The molecule has 2 unspecified atom stereocenters. The smallest absolute Gasteiger partial charge is 0.00229 e. The van der Waals surface area contributed by atoms with Gasteiger partial charge in [0.1, 0.15) is 0 Å². The maximum Gasteiger partial charge on any atom is 0.00229 e. The topological polar surface area (TPSA) is 12.0 Å². The molecule has 1 N–H and O–H groups in total. The molecule has 0 bridgehead atoms. The number of piperidine rings is 1. The Morgan fingerprint density at radius 2 is 1.89 bits per heavy atom. The van der Waals surface area contributed by atoms with Crippen LogP contribution in [0.4, 0.5) is 0 Å². The number of hydrogen-bond acceptors (Lipinski definition) is 1. The number of benzene rings is 1. The van der Waals surface area contributed by atoms with Crippen molar-refractivity contribution >= 4 is 0 Å². The molecule has 1 saturated carbocycles. The molecule has 1 aliphatic heterocycles. The van der Waals surface area contributed by atoms with Crippen molar-refractivity contribution in [2.75, 3.05) is 13.1 Å². The minimum atomic E-state index is 0.747. The maximum absolute atomic E-state index is 3.62. The summed E-state index contributed by atoms with van der Waals surface area (Å²) in [6.07, 6.45) is 8.74. The Labute approximate surface area is 117 Å². The van der Waals surface area contributed by atoms with Gasteiger partial charge < -0.3 is 5.32 Å². The first kappa shape index (κ1) is 13.2. The van der Waals surface area contributed by atoms with Crippen LogP contribution in [0.25, 0.3) is 0 Å². The Kier molecular flexibility index (Phi) is 4.22. The Hall–Kier alpha value is -0.820. The van der Waals surface area contributed by atoms with Crippen LogP contribution in [-0.2, 0) is 0 Å². The molecule has 1 heterocycles. The van der Waals surface area contributed by atoms with Crippen LogP contribution in [-0.4, -0.2) is 13.1 Å². The first-order valence-corrected chi connectivity index (χ1v) is 8.12. The number of hydrogen-bond donors (Lipinski definition) is 1. The number of nitrogens with one attached hydrogen (secondary N) is 1. The molecule has 2 atom stereocenters. The van der Waals surface area contributed by atoms with Crippen molar-refractivity contribution in [2.24, 2.45) is 11.8 Å². The summed E-state index contributed by atoms with van der Waals surface area (Å²) in [5, 5.41) is 3.62. The van der Waals surface area contributed by atoms with Crippen molar-refractivity contribution in [3.05, 3.63) is 35.4 Å². The molecule has 3 rings (SSSR count). The van der Waals surface area contributed by atoms with Crippen LogP contribution in [0.1, 0.15) is 55.6 Å². The second-order valence-electron chi connectivity index (χ2n) is 6.58. The fourth-order valence-corrected chi connectivity index (χ4v) is 4.27. The predicted molar refractivity (Wildman–Crippen MR) is 81.5 cm³/mol. The highest BCUT2D eigenvalue weighted by Gasteiger charge is 2.33. The molecule has 1 aliphatic carbocycles. The third-order valence-corrected chi connectivity index (χ3v) is 5.26. The van der Waals surface area contributed by atoms with Crippen LogP contribution in [0.5, 0.6) is 0 Å². The second kappa shape index (κ2) is 6.09. The van der Waals surface area contributed by atoms with E-state index in [2.05, 4.69) is 36.5 Å². The van der Waals surface area contributed by atoms with Gasteiger partial charge in [0, 0.05) is 6.54 Å². The lowest BCUT2D eigenvalue weighted by molar-refractivity contribution is 0.178. The Bertz CT molecular complexity index is 406. The average Bonchev–Trinajstić information content (AvgIpc) is 2.48. The fraction of sp³-hybridized carbons (Fsp3) is 0.667. The van der Waals surface area contributed by atoms with E-state index in [0.717, 1.165) is 17.8 Å². The van der Waals surface area contributed by atoms with Crippen molar-refractivity contribution in [1.29, 1.82) is 0 Å². The van der Waals surface area contributed by atoms with E-state index in [1.165, 1.54) is 57.2 Å². The first-order chi connectivity index (χ1) is 9.34. The standard InChI is InChI=1S/C18H27N/c1-14-6-5-9-16(12-14)18-13-19-11-10-17(18)15-7-3-2-4-8-15/h5-6,9,12,15,17-19H,2-4,7-8,10-11,13H2,1H3. The van der Waals surface area contributed by atoms with Gasteiger partial charge in [0.15, 0.2) is 0 Å². The summed E-state index contributed by atoms with van der Waals surface area (Å²) >= 11 is 0. The van der Waals surface area contributed by atoms with E-state index in [1.807, 2.05) is 0 Å². The van der Waals surface area contributed by atoms with Gasteiger partial charge in [-0.25, -0.2) is 0 Å². The van der Waals surface area contributed by atoms with Crippen molar-refractivity contribution in [3.63, 3.8) is 0 Å². The average molecular weight is 257 g/mol. The molecule has 1 saturated heterocycles. The molecule has 2 fully saturated rings. The Balaban J connectivity index is 1.80. The normalized spacial score (nSPS) is 29.3. The van der Waals surface area contributed by atoms with Crippen LogP contribution in [0.3, 0.4) is 0 Å². The van der Waals surface area contributed by atoms with Gasteiger partial charge in [-0.15, -0.1) is 0 Å². The minimum Gasteiger partial charge on any atom is -0.316 e. The Morgan fingerprint density at radius 1 is 1.05 bits per heavy atom. The highest BCUT2D eigenvalue weighted by atomic mass is 14.9. The van der Waals surface area contributed by atoms with E-state index in [-0.39, 0.29) is 0 Å². The molecule has 1 heteroatoms. The molecule has 1 nitrogen and oxygen atoms in total. The van der Waals surface area contributed by atoms with Crippen molar-refractivity contribution in [3.8, 4) is 0 Å². The van der Waals surface area contributed by atoms with Crippen LogP contribution < -0.4 is 5.32 Å². The zero-order valence-corrected chi connectivity index (χ0v) is 12.2. The molecule has 0 radical (unpaired) electrons. The van der Waals surface area contributed by atoms with Gasteiger partial charge in [-0.3, -0.25) is 0 Å². The second-order valence-corrected chi connectivity index (χ2v) is 6.58. The Morgan fingerprint density at radius 3 is 2.68 bits per heavy atom. The molecule has 0 spiro atoms. The minimum absolute atomic E-state index is 0.747. The summed E-state index contributed by atoms with van der Waals surface area (Å²) in [4.78, 5) is 0. The third kappa shape index (κ3) is 3.02. The van der Waals surface area contributed by atoms with Crippen molar-refractivity contribution in [1.82, 2.24) is 5.32 Å². The summed E-state index contributed by atoms with van der Waals surface area (Å²) in [6.45, 7) is 4.63. The monoisotopic (exact) mass is 257 g/mol. The van der Waals surface area contributed by atoms with E-state index >= 15 is 0 Å². The van der Waals surface area contributed by atoms with Crippen LogP contribution in [0, 0.1) is 18.8 Å². The highest BCUT2D eigenvalue weighted by molar-refractivity contribution is 5.27.